The van der Waals surface area contributed by atoms with E-state index in [1.54, 1.807) is 11.8 Å². The van der Waals surface area contributed by atoms with Crippen molar-refractivity contribution in [1.82, 2.24) is 4.90 Å². The summed E-state index contributed by atoms with van der Waals surface area (Å²) in [5, 5.41) is 9.20. The number of nitrogens with zero attached hydrogens (tertiary/aromatic N) is 1. The maximum absolute atomic E-state index is 12.4. The van der Waals surface area contributed by atoms with Gasteiger partial charge in [-0.25, -0.2) is 0 Å². The molecule has 4 heteroatoms. The molecule has 1 aromatic rings. The van der Waals surface area contributed by atoms with E-state index in [4.69, 9.17) is 0 Å². The number of rotatable bonds is 3. The Kier molecular flexibility index (Phi) is 3.84. The Labute approximate surface area is 119 Å². The van der Waals surface area contributed by atoms with Crippen molar-refractivity contribution < 1.29 is 14.7 Å². The van der Waals surface area contributed by atoms with Crippen molar-refractivity contribution in [1.29, 1.82) is 0 Å². The van der Waals surface area contributed by atoms with Crippen LogP contribution < -0.4 is 0 Å². The molecule has 1 aliphatic heterocycles. The summed E-state index contributed by atoms with van der Waals surface area (Å²) in [5.74, 6) is -0.477. The maximum atomic E-state index is 12.4. The maximum Gasteiger partial charge on any atom is 0.311 e. The molecule has 4 nitrogen and oxygen atoms in total. The van der Waals surface area contributed by atoms with Gasteiger partial charge in [-0.3, -0.25) is 9.59 Å². The standard InChI is InChI=1S/C16H21NO3/c1-11(2)12-4-6-13(7-5-12)14(18)17-9-8-16(3,10-17)15(19)20/h4-7,11H,8-10H2,1-3H3,(H,19,20). The third kappa shape index (κ3) is 2.69. The van der Waals surface area contributed by atoms with E-state index in [2.05, 4.69) is 13.8 Å². The molecule has 1 aliphatic rings. The topological polar surface area (TPSA) is 57.6 Å². The molecule has 108 valence electrons. The van der Waals surface area contributed by atoms with Gasteiger partial charge in [-0.05, 0) is 37.0 Å². The molecule has 1 atom stereocenters. The third-order valence-corrected chi connectivity index (χ3v) is 4.10. The number of carbonyl (C=O) groups excluding carboxylic acids is 1. The quantitative estimate of drug-likeness (QED) is 0.922. The Morgan fingerprint density at radius 2 is 1.85 bits per heavy atom. The minimum Gasteiger partial charge on any atom is -0.481 e. The first-order valence-electron chi connectivity index (χ1n) is 6.96. The van der Waals surface area contributed by atoms with E-state index in [0.29, 0.717) is 24.4 Å². The van der Waals surface area contributed by atoms with Crippen molar-refractivity contribution in [2.24, 2.45) is 5.41 Å². The number of hydrogen-bond donors (Lipinski definition) is 1. The second-order valence-electron chi connectivity index (χ2n) is 6.12. The van der Waals surface area contributed by atoms with Crippen LogP contribution in [0.4, 0.5) is 0 Å². The van der Waals surface area contributed by atoms with Gasteiger partial charge in [0.05, 0.1) is 5.41 Å². The van der Waals surface area contributed by atoms with Crippen LogP contribution in [0.25, 0.3) is 0 Å². The predicted molar refractivity (Wildman–Crippen MR) is 76.8 cm³/mol. The van der Waals surface area contributed by atoms with Gasteiger partial charge in [-0.1, -0.05) is 26.0 Å². The lowest BCUT2D eigenvalue weighted by molar-refractivity contribution is -0.147. The largest absolute Gasteiger partial charge is 0.481 e. The molecule has 0 aromatic heterocycles. The molecule has 1 saturated heterocycles. The van der Waals surface area contributed by atoms with Crippen molar-refractivity contribution in [2.45, 2.75) is 33.1 Å². The van der Waals surface area contributed by atoms with Crippen LogP contribution in [0.1, 0.15) is 49.0 Å². The average Bonchev–Trinajstić information content (AvgIpc) is 2.82. The summed E-state index contributed by atoms with van der Waals surface area (Å²) in [5.41, 5.74) is 1.01. The fourth-order valence-electron chi connectivity index (χ4n) is 2.50. The van der Waals surface area contributed by atoms with Crippen LogP contribution in [0.3, 0.4) is 0 Å². The van der Waals surface area contributed by atoms with Gasteiger partial charge in [-0.15, -0.1) is 0 Å². The van der Waals surface area contributed by atoms with Gasteiger partial charge in [-0.2, -0.15) is 0 Å². The Balaban J connectivity index is 2.11. The van der Waals surface area contributed by atoms with E-state index in [0.717, 1.165) is 0 Å². The van der Waals surface area contributed by atoms with Crippen molar-refractivity contribution in [3.63, 3.8) is 0 Å². The molecule has 20 heavy (non-hydrogen) atoms. The number of carboxylic acid groups (broad SMARTS) is 1. The summed E-state index contributed by atoms with van der Waals surface area (Å²) in [4.78, 5) is 25.2. The van der Waals surface area contributed by atoms with E-state index >= 15 is 0 Å². The highest BCUT2D eigenvalue weighted by Gasteiger charge is 2.42. The molecule has 1 aromatic carbocycles. The third-order valence-electron chi connectivity index (χ3n) is 4.10. The van der Waals surface area contributed by atoms with Gasteiger partial charge in [0.2, 0.25) is 0 Å². The molecule has 1 N–H and O–H groups in total. The molecule has 0 radical (unpaired) electrons. The lowest BCUT2D eigenvalue weighted by Gasteiger charge is -2.20. The number of carboxylic acids is 1. The molecule has 0 aliphatic carbocycles. The van der Waals surface area contributed by atoms with Gasteiger partial charge in [0.25, 0.3) is 5.91 Å². The van der Waals surface area contributed by atoms with Crippen LogP contribution in [-0.2, 0) is 4.79 Å². The van der Waals surface area contributed by atoms with Gasteiger partial charge >= 0.3 is 5.97 Å². The highest BCUT2D eigenvalue weighted by molar-refractivity contribution is 5.95. The Morgan fingerprint density at radius 1 is 1.25 bits per heavy atom. The monoisotopic (exact) mass is 275 g/mol. The summed E-state index contributed by atoms with van der Waals surface area (Å²) in [7, 11) is 0. The Hall–Kier alpha value is -1.84. The van der Waals surface area contributed by atoms with E-state index in [1.807, 2.05) is 24.3 Å². The van der Waals surface area contributed by atoms with Crippen LogP contribution in [0, 0.1) is 5.41 Å². The molecule has 0 spiro atoms. The number of benzene rings is 1. The smallest absolute Gasteiger partial charge is 0.311 e. The van der Waals surface area contributed by atoms with Crippen LogP contribution in [0.15, 0.2) is 24.3 Å². The normalized spacial score (nSPS) is 22.3. The molecular weight excluding hydrogens is 254 g/mol. The molecular formula is C16H21NO3. The zero-order valence-corrected chi connectivity index (χ0v) is 12.2. The first-order chi connectivity index (χ1) is 9.33. The molecule has 2 rings (SSSR count). The fraction of sp³-hybridized carbons (Fsp3) is 0.500. The molecule has 1 fully saturated rings. The number of carbonyl (C=O) groups is 2. The summed E-state index contributed by atoms with van der Waals surface area (Å²) >= 11 is 0. The molecule has 1 unspecified atom stereocenters. The van der Waals surface area contributed by atoms with Crippen molar-refractivity contribution in [3.8, 4) is 0 Å². The number of amides is 1. The van der Waals surface area contributed by atoms with Crippen LogP contribution in [0.5, 0.6) is 0 Å². The van der Waals surface area contributed by atoms with E-state index in [9.17, 15) is 14.7 Å². The number of aliphatic carboxylic acids is 1. The van der Waals surface area contributed by atoms with E-state index in [1.165, 1.54) is 5.56 Å². The highest BCUT2D eigenvalue weighted by Crippen LogP contribution is 2.31. The SMILES string of the molecule is CC(C)c1ccc(C(=O)N2CCC(C)(C(=O)O)C2)cc1. The summed E-state index contributed by atoms with van der Waals surface area (Å²) < 4.78 is 0. The number of hydrogen-bond acceptors (Lipinski definition) is 2. The molecule has 0 saturated carbocycles. The van der Waals surface area contributed by atoms with Crippen LogP contribution in [-0.4, -0.2) is 35.0 Å². The van der Waals surface area contributed by atoms with Gasteiger partial charge < -0.3 is 10.0 Å². The van der Waals surface area contributed by atoms with Crippen LogP contribution in [0.2, 0.25) is 0 Å². The average molecular weight is 275 g/mol. The van der Waals surface area contributed by atoms with Gasteiger partial charge in [0.15, 0.2) is 0 Å². The summed E-state index contributed by atoms with van der Waals surface area (Å²) in [6.07, 6.45) is 0.512. The predicted octanol–water partition coefficient (Wildman–Crippen LogP) is 2.75. The van der Waals surface area contributed by atoms with Crippen molar-refractivity contribution >= 4 is 11.9 Å². The first-order valence-corrected chi connectivity index (χ1v) is 6.96. The van der Waals surface area contributed by atoms with E-state index < -0.39 is 11.4 Å². The lowest BCUT2D eigenvalue weighted by Crippen LogP contribution is -2.34. The first kappa shape index (κ1) is 14.6. The number of likely N-dealkylation sites (tertiary alicyclic amines) is 1. The van der Waals surface area contributed by atoms with E-state index in [-0.39, 0.29) is 12.5 Å². The van der Waals surface area contributed by atoms with Crippen LogP contribution >= 0.6 is 0 Å². The highest BCUT2D eigenvalue weighted by atomic mass is 16.4. The second-order valence-corrected chi connectivity index (χ2v) is 6.12. The molecule has 1 amide bonds. The Morgan fingerprint density at radius 3 is 2.30 bits per heavy atom. The van der Waals surface area contributed by atoms with Gasteiger partial charge in [0, 0.05) is 18.7 Å². The van der Waals surface area contributed by atoms with Crippen molar-refractivity contribution in [3.05, 3.63) is 35.4 Å². The minimum absolute atomic E-state index is 0.0784. The second kappa shape index (κ2) is 5.27. The van der Waals surface area contributed by atoms with Gasteiger partial charge in [0.1, 0.15) is 0 Å². The minimum atomic E-state index is -0.831. The summed E-state index contributed by atoms with van der Waals surface area (Å²) in [6, 6.07) is 7.58. The lowest BCUT2D eigenvalue weighted by atomic mass is 9.90. The fourth-order valence-corrected chi connectivity index (χ4v) is 2.50. The zero-order valence-electron chi connectivity index (χ0n) is 12.2. The zero-order chi connectivity index (χ0) is 14.9. The summed E-state index contributed by atoms with van der Waals surface area (Å²) in [6.45, 7) is 6.70. The Bertz CT molecular complexity index is 521. The molecule has 0 bridgehead atoms. The molecule has 1 heterocycles. The van der Waals surface area contributed by atoms with Crippen molar-refractivity contribution in [2.75, 3.05) is 13.1 Å².